The van der Waals surface area contributed by atoms with Crippen molar-refractivity contribution < 1.29 is 9.66 Å². The lowest BCUT2D eigenvalue weighted by molar-refractivity contribution is -0.385. The molecule has 9 heteroatoms. The second-order valence-corrected chi connectivity index (χ2v) is 6.53. The van der Waals surface area contributed by atoms with Crippen LogP contribution < -0.4 is 4.74 Å². The van der Waals surface area contributed by atoms with Crippen molar-refractivity contribution >= 4 is 39.0 Å². The van der Waals surface area contributed by atoms with Crippen LogP contribution in [0.4, 0.5) is 5.69 Å². The summed E-state index contributed by atoms with van der Waals surface area (Å²) < 4.78 is 8.95. The summed E-state index contributed by atoms with van der Waals surface area (Å²) >= 11 is 3.05. The molecule has 2 heterocycles. The zero-order valence-corrected chi connectivity index (χ0v) is 13.3. The Morgan fingerprint density at radius 3 is 3.09 bits per heavy atom. The number of hydrogen-bond donors (Lipinski definition) is 0. The molecule has 0 saturated heterocycles. The number of hydrogen-bond acceptors (Lipinski definition) is 7. The van der Waals surface area contributed by atoms with E-state index in [0.717, 1.165) is 20.3 Å². The van der Waals surface area contributed by atoms with E-state index in [0.29, 0.717) is 12.5 Å². The molecule has 0 amide bonds. The Labute approximate surface area is 134 Å². The van der Waals surface area contributed by atoms with Crippen molar-refractivity contribution in [2.45, 2.75) is 17.1 Å². The van der Waals surface area contributed by atoms with Gasteiger partial charge in [0.15, 0.2) is 4.34 Å². The normalized spacial score (nSPS) is 11.0. The van der Waals surface area contributed by atoms with Gasteiger partial charge in [-0.05, 0) is 25.1 Å². The highest BCUT2D eigenvalue weighted by Gasteiger charge is 2.10. The van der Waals surface area contributed by atoms with E-state index in [1.54, 1.807) is 11.3 Å². The molecule has 1 aromatic carbocycles. The summed E-state index contributed by atoms with van der Waals surface area (Å²) in [4.78, 5) is 14.7. The largest absolute Gasteiger partial charge is 0.494 e. The van der Waals surface area contributed by atoms with Crippen LogP contribution in [0.3, 0.4) is 0 Å². The van der Waals surface area contributed by atoms with Crippen LogP contribution in [0, 0.1) is 10.1 Å². The number of rotatable bonds is 6. The molecular formula is C13H12N4O3S2. The molecular weight excluding hydrogens is 324 g/mol. The number of benzene rings is 1. The molecule has 0 aliphatic carbocycles. The standard InChI is InChI=1S/C13H12N4O3S2/c1-2-20-10-3-4-11-12(5-10)22-13(15-11)21-8-16-7-9(6-14-16)17(18)19/h3-7H,2,8H2,1H3. The maximum absolute atomic E-state index is 10.6. The number of thioether (sulfide) groups is 1. The number of thiazole rings is 1. The van der Waals surface area contributed by atoms with Crippen LogP contribution in [0.5, 0.6) is 5.75 Å². The summed E-state index contributed by atoms with van der Waals surface area (Å²) in [6.45, 7) is 2.57. The molecule has 114 valence electrons. The zero-order chi connectivity index (χ0) is 15.5. The van der Waals surface area contributed by atoms with Crippen LogP contribution >= 0.6 is 23.1 Å². The van der Waals surface area contributed by atoms with Gasteiger partial charge in [-0.15, -0.1) is 11.3 Å². The van der Waals surface area contributed by atoms with Gasteiger partial charge in [0, 0.05) is 0 Å². The quantitative estimate of drug-likeness (QED) is 0.389. The number of aromatic nitrogens is 3. The Hall–Kier alpha value is -2.13. The van der Waals surface area contributed by atoms with Crippen LogP contribution in [0.15, 0.2) is 34.9 Å². The van der Waals surface area contributed by atoms with Crippen LogP contribution in [0.2, 0.25) is 0 Å². The Bertz CT molecular complexity index is 815. The highest BCUT2D eigenvalue weighted by atomic mass is 32.2. The molecule has 0 aliphatic heterocycles. The van der Waals surface area contributed by atoms with E-state index in [1.807, 2.05) is 25.1 Å². The Balaban J connectivity index is 1.71. The van der Waals surface area contributed by atoms with Gasteiger partial charge in [0.1, 0.15) is 18.1 Å². The third-order valence-corrected chi connectivity index (χ3v) is 4.95. The lowest BCUT2D eigenvalue weighted by atomic mass is 10.3. The minimum atomic E-state index is -0.457. The first kappa shape index (κ1) is 14.8. The summed E-state index contributed by atoms with van der Waals surface area (Å²) in [6.07, 6.45) is 2.65. The predicted molar refractivity (Wildman–Crippen MR) is 85.5 cm³/mol. The summed E-state index contributed by atoms with van der Waals surface area (Å²) in [5.41, 5.74) is 0.911. The summed E-state index contributed by atoms with van der Waals surface area (Å²) in [5.74, 6) is 1.31. The van der Waals surface area contributed by atoms with Gasteiger partial charge in [-0.3, -0.25) is 14.8 Å². The van der Waals surface area contributed by atoms with Gasteiger partial charge in [-0.1, -0.05) is 11.8 Å². The highest BCUT2D eigenvalue weighted by molar-refractivity contribution is 8.00. The number of ether oxygens (including phenoxy) is 1. The molecule has 0 fully saturated rings. The first-order valence-corrected chi connectivity index (χ1v) is 8.29. The van der Waals surface area contributed by atoms with Crippen LogP contribution in [0.25, 0.3) is 10.2 Å². The SMILES string of the molecule is CCOc1ccc2nc(SCn3cc([N+](=O)[O-])cn3)sc2c1. The Morgan fingerprint density at radius 2 is 2.36 bits per heavy atom. The molecule has 3 aromatic rings. The second kappa shape index (κ2) is 6.32. The lowest BCUT2D eigenvalue weighted by Crippen LogP contribution is -1.93. The number of nitro groups is 1. The topological polar surface area (TPSA) is 83.1 Å². The van der Waals surface area contributed by atoms with Gasteiger partial charge in [0.25, 0.3) is 0 Å². The van der Waals surface area contributed by atoms with Gasteiger partial charge >= 0.3 is 5.69 Å². The smallest absolute Gasteiger partial charge is 0.307 e. The van der Waals surface area contributed by atoms with Crippen LogP contribution in [-0.2, 0) is 5.88 Å². The molecule has 0 aliphatic rings. The predicted octanol–water partition coefficient (Wildman–Crippen LogP) is 3.55. The fourth-order valence-corrected chi connectivity index (χ4v) is 3.78. The van der Waals surface area contributed by atoms with Gasteiger partial charge in [-0.2, -0.15) is 5.10 Å². The first-order valence-electron chi connectivity index (χ1n) is 6.48. The molecule has 0 bridgehead atoms. The average Bonchev–Trinajstić information content (AvgIpc) is 3.11. The van der Waals surface area contributed by atoms with E-state index in [9.17, 15) is 10.1 Å². The summed E-state index contributed by atoms with van der Waals surface area (Å²) in [5, 5.41) is 14.6. The zero-order valence-electron chi connectivity index (χ0n) is 11.6. The fraction of sp³-hybridized carbons (Fsp3) is 0.231. The van der Waals surface area contributed by atoms with Crippen LogP contribution in [0.1, 0.15) is 6.92 Å². The van der Waals surface area contributed by atoms with E-state index in [1.165, 1.54) is 28.8 Å². The van der Waals surface area contributed by atoms with E-state index in [2.05, 4.69) is 10.1 Å². The van der Waals surface area contributed by atoms with Crippen molar-refractivity contribution in [3.8, 4) is 5.75 Å². The summed E-state index contributed by atoms with van der Waals surface area (Å²) in [7, 11) is 0. The van der Waals surface area contributed by atoms with Gasteiger partial charge in [0.05, 0.1) is 27.6 Å². The van der Waals surface area contributed by atoms with Crippen molar-refractivity contribution in [2.75, 3.05) is 6.61 Å². The summed E-state index contributed by atoms with van der Waals surface area (Å²) in [6, 6.07) is 5.80. The third kappa shape index (κ3) is 3.20. The van der Waals surface area contributed by atoms with Crippen molar-refractivity contribution in [2.24, 2.45) is 0 Å². The lowest BCUT2D eigenvalue weighted by Gasteiger charge is -2.00. The van der Waals surface area contributed by atoms with Gasteiger partial charge in [-0.25, -0.2) is 4.98 Å². The number of fused-ring (bicyclic) bond motifs is 1. The molecule has 0 radical (unpaired) electrons. The van der Waals surface area contributed by atoms with Gasteiger partial charge in [0.2, 0.25) is 0 Å². The molecule has 3 rings (SSSR count). The van der Waals surface area contributed by atoms with Crippen LogP contribution in [-0.4, -0.2) is 26.3 Å². The third-order valence-electron chi connectivity index (χ3n) is 2.80. The van der Waals surface area contributed by atoms with E-state index < -0.39 is 4.92 Å². The van der Waals surface area contributed by atoms with Crippen molar-refractivity contribution in [3.05, 3.63) is 40.7 Å². The van der Waals surface area contributed by atoms with Crippen molar-refractivity contribution in [1.29, 1.82) is 0 Å². The monoisotopic (exact) mass is 336 g/mol. The van der Waals surface area contributed by atoms with Gasteiger partial charge < -0.3 is 4.74 Å². The molecule has 22 heavy (non-hydrogen) atoms. The first-order chi connectivity index (χ1) is 10.7. The Morgan fingerprint density at radius 1 is 1.50 bits per heavy atom. The molecule has 7 nitrogen and oxygen atoms in total. The van der Waals surface area contributed by atoms with E-state index in [-0.39, 0.29) is 5.69 Å². The fourth-order valence-electron chi connectivity index (χ4n) is 1.84. The maximum Gasteiger partial charge on any atom is 0.307 e. The highest BCUT2D eigenvalue weighted by Crippen LogP contribution is 2.32. The molecule has 0 N–H and O–H groups in total. The minimum absolute atomic E-state index is 0.00810. The molecule has 0 unspecified atom stereocenters. The number of nitrogens with zero attached hydrogens (tertiary/aromatic N) is 4. The molecule has 2 aromatic heterocycles. The average molecular weight is 336 g/mol. The molecule has 0 spiro atoms. The minimum Gasteiger partial charge on any atom is -0.494 e. The van der Waals surface area contributed by atoms with Crippen molar-refractivity contribution in [3.63, 3.8) is 0 Å². The molecule has 0 saturated carbocycles. The second-order valence-electron chi connectivity index (χ2n) is 4.31. The van der Waals surface area contributed by atoms with E-state index in [4.69, 9.17) is 4.74 Å². The Kier molecular flexibility index (Phi) is 4.25. The van der Waals surface area contributed by atoms with Crippen molar-refractivity contribution in [1.82, 2.24) is 14.8 Å². The molecule has 0 atom stereocenters. The van der Waals surface area contributed by atoms with E-state index >= 15 is 0 Å². The maximum atomic E-state index is 10.6.